The van der Waals surface area contributed by atoms with Gasteiger partial charge in [0.2, 0.25) is 0 Å². The molecule has 0 aliphatic carbocycles. The number of hydrogen-bond donors (Lipinski definition) is 2. The zero-order valence-corrected chi connectivity index (χ0v) is 16.2. The topological polar surface area (TPSA) is 64.8 Å². The van der Waals surface area contributed by atoms with Gasteiger partial charge in [-0.2, -0.15) is 0 Å². The van der Waals surface area contributed by atoms with Crippen molar-refractivity contribution >= 4 is 24.5 Å². The molecule has 0 saturated carbocycles. The summed E-state index contributed by atoms with van der Waals surface area (Å²) >= 11 is 4.01. The van der Waals surface area contributed by atoms with Gasteiger partial charge in [-0.05, 0) is 47.5 Å². The molecule has 0 atom stereocenters. The number of urea groups is 1. The van der Waals surface area contributed by atoms with Crippen LogP contribution in [0.3, 0.4) is 0 Å². The van der Waals surface area contributed by atoms with Crippen molar-refractivity contribution in [1.82, 2.24) is 0 Å². The van der Waals surface area contributed by atoms with Crippen LogP contribution in [-0.2, 0) is 0 Å². The molecule has 2 N–H and O–H groups in total. The molecule has 3 rings (SSSR count). The average molecular weight is 394 g/mol. The van der Waals surface area contributed by atoms with Crippen molar-refractivity contribution < 1.29 is 14.3 Å². The Morgan fingerprint density at radius 3 is 1.82 bits per heavy atom. The molecule has 0 unspecified atom stereocenters. The molecule has 2 amide bonds. The van der Waals surface area contributed by atoms with Crippen LogP contribution < -0.4 is 19.5 Å². The van der Waals surface area contributed by atoms with Crippen molar-refractivity contribution in [2.24, 2.45) is 5.73 Å². The van der Waals surface area contributed by atoms with Crippen LogP contribution in [0.2, 0.25) is 0 Å². The summed E-state index contributed by atoms with van der Waals surface area (Å²) in [7, 11) is 0. The van der Waals surface area contributed by atoms with Gasteiger partial charge in [-0.15, -0.1) is 0 Å². The number of hydrogen-bond acceptors (Lipinski definition) is 4. The predicted molar refractivity (Wildman–Crippen MR) is 115 cm³/mol. The highest BCUT2D eigenvalue weighted by Gasteiger charge is 2.07. The van der Waals surface area contributed by atoms with Crippen LogP contribution in [0.1, 0.15) is 6.42 Å². The monoisotopic (exact) mass is 394 g/mol. The molecule has 0 spiro atoms. The number of carbonyl (C=O) groups is 1. The summed E-state index contributed by atoms with van der Waals surface area (Å²) in [6, 6.07) is 24.6. The number of nitrogens with zero attached hydrogens (tertiary/aromatic N) is 1. The fraction of sp³-hybridized carbons (Fsp3) is 0.136. The molecule has 0 heterocycles. The van der Waals surface area contributed by atoms with E-state index in [-0.39, 0.29) is 0 Å². The molecule has 0 bridgehead atoms. The lowest BCUT2D eigenvalue weighted by molar-refractivity contribution is 0.247. The van der Waals surface area contributed by atoms with E-state index in [9.17, 15) is 4.79 Å². The largest absolute Gasteiger partial charge is 0.493 e. The summed E-state index contributed by atoms with van der Waals surface area (Å²) in [4.78, 5) is 11.1. The standard InChI is InChI=1S/C22H22N2O3S/c23-22(25)24(28)19-9-13-21(14-10-19)27-16-4-15-26-20-11-7-18(8-12-20)17-5-2-1-3-6-17/h1-3,5-14,28H,4,15-16H2,(H2,23,25). The van der Waals surface area contributed by atoms with E-state index >= 15 is 0 Å². The summed E-state index contributed by atoms with van der Waals surface area (Å²) in [6.45, 7) is 1.09. The van der Waals surface area contributed by atoms with Crippen molar-refractivity contribution in [2.45, 2.75) is 6.42 Å². The van der Waals surface area contributed by atoms with Gasteiger partial charge in [-0.1, -0.05) is 55.3 Å². The molecule has 0 saturated heterocycles. The van der Waals surface area contributed by atoms with E-state index in [2.05, 4.69) is 37.1 Å². The van der Waals surface area contributed by atoms with Crippen molar-refractivity contribution in [3.05, 3.63) is 78.9 Å². The van der Waals surface area contributed by atoms with Gasteiger partial charge in [0.05, 0.1) is 18.9 Å². The average Bonchev–Trinajstić information content (AvgIpc) is 2.74. The van der Waals surface area contributed by atoms with E-state index in [1.54, 1.807) is 24.3 Å². The second kappa shape index (κ2) is 9.71. The Labute approximate surface area is 170 Å². The highest BCUT2D eigenvalue weighted by Crippen LogP contribution is 2.23. The van der Waals surface area contributed by atoms with E-state index < -0.39 is 6.03 Å². The number of primary amides is 1. The molecule has 0 aliphatic rings. The first kappa shape index (κ1) is 19.6. The molecular formula is C22H22N2O3S. The van der Waals surface area contributed by atoms with E-state index in [0.717, 1.165) is 22.0 Å². The van der Waals surface area contributed by atoms with Crippen LogP contribution in [0.25, 0.3) is 11.1 Å². The fourth-order valence-electron chi connectivity index (χ4n) is 2.62. The van der Waals surface area contributed by atoms with Gasteiger partial charge in [0, 0.05) is 6.42 Å². The third-order valence-electron chi connectivity index (χ3n) is 4.08. The maximum absolute atomic E-state index is 11.1. The highest BCUT2D eigenvalue weighted by atomic mass is 32.1. The molecule has 3 aromatic rings. The number of amides is 2. The minimum Gasteiger partial charge on any atom is -0.493 e. The summed E-state index contributed by atoms with van der Waals surface area (Å²) in [5.41, 5.74) is 8.11. The molecule has 0 fully saturated rings. The van der Waals surface area contributed by atoms with Gasteiger partial charge >= 0.3 is 6.03 Å². The molecule has 0 aromatic heterocycles. The molecule has 5 nitrogen and oxygen atoms in total. The fourth-order valence-corrected chi connectivity index (χ4v) is 2.76. The number of thiol groups is 1. The Bertz CT molecular complexity index is 884. The van der Waals surface area contributed by atoms with Gasteiger partial charge in [-0.25, -0.2) is 9.10 Å². The van der Waals surface area contributed by atoms with Gasteiger partial charge in [0.15, 0.2) is 0 Å². The third-order valence-corrected chi connectivity index (χ3v) is 4.51. The lowest BCUT2D eigenvalue weighted by Crippen LogP contribution is -2.27. The number of anilines is 1. The number of carbonyl (C=O) groups excluding carboxylic acids is 1. The summed E-state index contributed by atoms with van der Waals surface area (Å²) < 4.78 is 12.5. The number of rotatable bonds is 8. The highest BCUT2D eigenvalue weighted by molar-refractivity contribution is 7.82. The lowest BCUT2D eigenvalue weighted by Gasteiger charge is -2.13. The molecule has 0 aliphatic heterocycles. The Morgan fingerprint density at radius 1 is 0.786 bits per heavy atom. The van der Waals surface area contributed by atoms with Crippen molar-refractivity contribution in [3.63, 3.8) is 0 Å². The second-order valence-electron chi connectivity index (χ2n) is 6.08. The maximum atomic E-state index is 11.1. The summed E-state index contributed by atoms with van der Waals surface area (Å²) in [6.07, 6.45) is 0.752. The van der Waals surface area contributed by atoms with Crippen LogP contribution in [-0.4, -0.2) is 19.2 Å². The minimum absolute atomic E-state index is 0.530. The summed E-state index contributed by atoms with van der Waals surface area (Å²) in [5.74, 6) is 1.55. The van der Waals surface area contributed by atoms with Gasteiger partial charge < -0.3 is 15.2 Å². The maximum Gasteiger partial charge on any atom is 0.329 e. The lowest BCUT2D eigenvalue weighted by atomic mass is 10.1. The Hall–Kier alpha value is -3.12. The first-order valence-electron chi connectivity index (χ1n) is 8.93. The van der Waals surface area contributed by atoms with Gasteiger partial charge in [0.25, 0.3) is 0 Å². The molecule has 144 valence electrons. The van der Waals surface area contributed by atoms with Crippen molar-refractivity contribution in [2.75, 3.05) is 17.5 Å². The van der Waals surface area contributed by atoms with Gasteiger partial charge in [-0.3, -0.25) is 0 Å². The summed E-state index contributed by atoms with van der Waals surface area (Å²) in [5, 5.41) is 0. The Balaban J connectivity index is 1.39. The number of nitrogens with two attached hydrogens (primary N) is 1. The van der Waals surface area contributed by atoms with Crippen LogP contribution in [0.15, 0.2) is 78.9 Å². The first-order valence-corrected chi connectivity index (χ1v) is 9.33. The van der Waals surface area contributed by atoms with Crippen LogP contribution >= 0.6 is 12.8 Å². The van der Waals surface area contributed by atoms with E-state index in [0.29, 0.717) is 24.7 Å². The number of ether oxygens (including phenoxy) is 2. The molecule has 28 heavy (non-hydrogen) atoms. The van der Waals surface area contributed by atoms with E-state index in [4.69, 9.17) is 15.2 Å². The van der Waals surface area contributed by atoms with Crippen molar-refractivity contribution in [3.8, 4) is 22.6 Å². The zero-order chi connectivity index (χ0) is 19.8. The third kappa shape index (κ3) is 5.44. The first-order chi connectivity index (χ1) is 13.6. The molecular weight excluding hydrogens is 372 g/mol. The van der Waals surface area contributed by atoms with E-state index in [1.165, 1.54) is 5.56 Å². The van der Waals surface area contributed by atoms with Crippen molar-refractivity contribution in [1.29, 1.82) is 0 Å². The quantitative estimate of drug-likeness (QED) is 0.420. The second-order valence-corrected chi connectivity index (χ2v) is 6.48. The SMILES string of the molecule is NC(=O)N(S)c1ccc(OCCCOc2ccc(-c3ccccc3)cc2)cc1. The normalized spacial score (nSPS) is 10.3. The minimum atomic E-state index is -0.633. The Kier molecular flexibility index (Phi) is 6.81. The zero-order valence-electron chi connectivity index (χ0n) is 15.3. The van der Waals surface area contributed by atoms with Crippen LogP contribution in [0, 0.1) is 0 Å². The molecule has 6 heteroatoms. The smallest absolute Gasteiger partial charge is 0.329 e. The predicted octanol–water partition coefficient (Wildman–Crippen LogP) is 4.93. The molecule has 0 radical (unpaired) electrons. The van der Waals surface area contributed by atoms with Crippen LogP contribution in [0.4, 0.5) is 10.5 Å². The van der Waals surface area contributed by atoms with Gasteiger partial charge in [0.1, 0.15) is 11.5 Å². The van der Waals surface area contributed by atoms with Crippen LogP contribution in [0.5, 0.6) is 11.5 Å². The van der Waals surface area contributed by atoms with E-state index in [1.807, 2.05) is 30.3 Å². The Morgan fingerprint density at radius 2 is 1.29 bits per heavy atom. The molecule has 3 aromatic carbocycles. The number of benzene rings is 3.